The van der Waals surface area contributed by atoms with Crippen molar-refractivity contribution >= 4 is 20.2 Å². The van der Waals surface area contributed by atoms with Crippen molar-refractivity contribution in [2.24, 2.45) is 16.8 Å². The molecule has 0 aromatic rings. The molecule has 0 saturated heterocycles. The van der Waals surface area contributed by atoms with Crippen molar-refractivity contribution in [2.45, 2.75) is 72.0 Å². The number of allylic oxidation sites excluding steroid dienone is 2. The topological polar surface area (TPSA) is 21.6 Å². The van der Waals surface area contributed by atoms with Crippen LogP contribution in [0.15, 0.2) is 16.8 Å². The summed E-state index contributed by atoms with van der Waals surface area (Å²) in [6, 6.07) is 0.340. The molecule has 0 aromatic carbocycles. The number of rotatable bonds is 8. The van der Waals surface area contributed by atoms with Crippen molar-refractivity contribution in [3.8, 4) is 0 Å². The molecule has 3 heteroatoms. The van der Waals surface area contributed by atoms with Crippen LogP contribution < -0.4 is 0 Å². The molecule has 0 radical (unpaired) electrons. The van der Waals surface area contributed by atoms with Crippen LogP contribution in [0.2, 0.25) is 10.6 Å². The second-order valence-electron chi connectivity index (χ2n) is 6.06. The molecule has 0 bridgehead atoms. The summed E-state index contributed by atoms with van der Waals surface area (Å²) in [6.07, 6.45) is 2.20. The van der Waals surface area contributed by atoms with Gasteiger partial charge in [0, 0.05) is 17.7 Å². The first-order valence-electron chi connectivity index (χ1n) is 7.77. The van der Waals surface area contributed by atoms with E-state index in [9.17, 15) is 0 Å². The van der Waals surface area contributed by atoms with Gasteiger partial charge in [0.25, 0.3) is 0 Å². The molecule has 0 amide bonds. The van der Waals surface area contributed by atoms with Gasteiger partial charge in [0.05, 0.1) is 5.76 Å². The van der Waals surface area contributed by atoms with Crippen LogP contribution in [0.1, 0.15) is 55.4 Å². The molecular weight excluding hydrogens is 249 g/mol. The predicted octanol–water partition coefficient (Wildman–Crippen LogP) is 5.08. The smallest absolute Gasteiger partial charge is 0.546 e. The first kappa shape index (κ1) is 18.7. The molecule has 0 aliphatic carbocycles. The highest BCUT2D eigenvalue weighted by atomic mass is 27.2. The van der Waals surface area contributed by atoms with E-state index in [0.717, 1.165) is 5.76 Å². The van der Waals surface area contributed by atoms with E-state index in [2.05, 4.69) is 61.5 Å². The molecule has 0 N–H and O–H groups in total. The van der Waals surface area contributed by atoms with Crippen LogP contribution in [0.25, 0.3) is 0 Å². The van der Waals surface area contributed by atoms with E-state index in [-0.39, 0.29) is 0 Å². The van der Waals surface area contributed by atoms with E-state index < -0.39 is 14.5 Å². The largest absolute Gasteiger partial charge is 0.645 e. The molecule has 0 saturated carbocycles. The van der Waals surface area contributed by atoms with Gasteiger partial charge in [0.1, 0.15) is 0 Å². The second-order valence-corrected chi connectivity index (χ2v) is 9.17. The highest BCUT2D eigenvalue weighted by Crippen LogP contribution is 2.17. The molecule has 19 heavy (non-hydrogen) atoms. The molecule has 110 valence electrons. The third-order valence-electron chi connectivity index (χ3n) is 3.07. The Kier molecular flexibility index (Phi) is 9.49. The molecule has 0 spiro atoms. The van der Waals surface area contributed by atoms with Crippen LogP contribution >= 0.6 is 0 Å². The van der Waals surface area contributed by atoms with Gasteiger partial charge < -0.3 is 3.79 Å². The lowest BCUT2D eigenvalue weighted by atomic mass is 10.0. The quantitative estimate of drug-likeness (QED) is 0.345. The average Bonchev–Trinajstić information content (AvgIpc) is 2.31. The van der Waals surface area contributed by atoms with Crippen LogP contribution in [-0.4, -0.2) is 26.2 Å². The second kappa shape index (κ2) is 9.62. The van der Waals surface area contributed by atoms with Gasteiger partial charge in [-0.25, -0.2) is 0 Å². The standard InChI is InChI=1S/C12H23NO.2C2H5.Al/c1-8(2)11(13-10(5)6)7-12(14)9(3)4;2*1-2;/h7-10,14H,1-6H3;2*1H2,2H3;/q;;;+1/p-1/b12-7-,13-11?;;;. The highest BCUT2D eigenvalue weighted by Gasteiger charge is 2.21. The predicted molar refractivity (Wildman–Crippen MR) is 88.1 cm³/mol. The molecule has 0 atom stereocenters. The Hall–Kier alpha value is -0.258. The lowest BCUT2D eigenvalue weighted by Crippen LogP contribution is -2.19. The maximum atomic E-state index is 6.29. The number of hydrogen-bond acceptors (Lipinski definition) is 2. The third kappa shape index (κ3) is 7.80. The monoisotopic (exact) mass is 281 g/mol. The van der Waals surface area contributed by atoms with E-state index in [1.807, 2.05) is 0 Å². The fraction of sp³-hybridized carbons (Fsp3) is 0.812. The van der Waals surface area contributed by atoms with Crippen LogP contribution in [0.4, 0.5) is 0 Å². The van der Waals surface area contributed by atoms with Gasteiger partial charge in [-0.1, -0.05) is 52.1 Å². The number of aliphatic imine (C=N–C) groups is 1. The third-order valence-corrected chi connectivity index (χ3v) is 5.50. The summed E-state index contributed by atoms with van der Waals surface area (Å²) in [6.45, 7) is 17.5. The van der Waals surface area contributed by atoms with E-state index in [1.54, 1.807) is 0 Å². The van der Waals surface area contributed by atoms with Gasteiger partial charge in [-0.05, 0) is 25.8 Å². The summed E-state index contributed by atoms with van der Waals surface area (Å²) < 4.78 is 6.29. The lowest BCUT2D eigenvalue weighted by Gasteiger charge is -2.21. The van der Waals surface area contributed by atoms with Gasteiger partial charge in [-0.3, -0.25) is 4.99 Å². The zero-order chi connectivity index (χ0) is 15.0. The summed E-state index contributed by atoms with van der Waals surface area (Å²) >= 11 is -1.06. The van der Waals surface area contributed by atoms with Crippen molar-refractivity contribution in [1.82, 2.24) is 0 Å². The van der Waals surface area contributed by atoms with Crippen LogP contribution in [0, 0.1) is 11.8 Å². The Morgan fingerprint density at radius 3 is 1.84 bits per heavy atom. The normalized spacial score (nSPS) is 13.6. The van der Waals surface area contributed by atoms with Crippen molar-refractivity contribution < 1.29 is 3.79 Å². The van der Waals surface area contributed by atoms with Crippen LogP contribution in [0.3, 0.4) is 0 Å². The first-order chi connectivity index (χ1) is 8.81. The SMILES string of the molecule is C[CH2][Al]([CH2]C)[O]/C(=C\C(=NC(C)C)C(C)C)C(C)C. The zero-order valence-electron chi connectivity index (χ0n) is 14.2. The molecule has 0 unspecified atom stereocenters. The summed E-state index contributed by atoms with van der Waals surface area (Å²) in [4.78, 5) is 4.73. The van der Waals surface area contributed by atoms with E-state index in [0.29, 0.717) is 17.9 Å². The fourth-order valence-electron chi connectivity index (χ4n) is 1.78. The number of hydrogen-bond donors (Lipinski definition) is 0. The van der Waals surface area contributed by atoms with Gasteiger partial charge in [0.15, 0.2) is 0 Å². The van der Waals surface area contributed by atoms with Gasteiger partial charge in [0.2, 0.25) is 0 Å². The number of nitrogens with zero attached hydrogens (tertiary/aromatic N) is 1. The molecule has 0 aliphatic heterocycles. The summed E-state index contributed by atoms with van der Waals surface area (Å²) in [5.41, 5.74) is 1.17. The van der Waals surface area contributed by atoms with E-state index in [1.165, 1.54) is 16.3 Å². The molecule has 0 heterocycles. The van der Waals surface area contributed by atoms with Crippen molar-refractivity contribution in [3.05, 3.63) is 11.8 Å². The van der Waals surface area contributed by atoms with E-state index in [4.69, 9.17) is 8.78 Å². The minimum atomic E-state index is -1.06. The molecule has 2 nitrogen and oxygen atoms in total. The van der Waals surface area contributed by atoms with Crippen molar-refractivity contribution in [3.63, 3.8) is 0 Å². The molecular formula is C16H32AlNO. The lowest BCUT2D eigenvalue weighted by molar-refractivity contribution is 0.372. The Labute approximate surface area is 125 Å². The van der Waals surface area contributed by atoms with E-state index >= 15 is 0 Å². The maximum Gasteiger partial charge on any atom is 0.546 e. The minimum Gasteiger partial charge on any atom is -0.645 e. The molecule has 0 rings (SSSR count). The maximum absolute atomic E-state index is 6.29. The summed E-state index contributed by atoms with van der Waals surface area (Å²) in [5, 5.41) is 2.39. The minimum absolute atomic E-state index is 0.340. The van der Waals surface area contributed by atoms with Gasteiger partial charge in [-0.15, -0.1) is 0 Å². The first-order valence-corrected chi connectivity index (χ1v) is 9.88. The Morgan fingerprint density at radius 1 is 1.00 bits per heavy atom. The fourth-order valence-corrected chi connectivity index (χ4v) is 3.42. The van der Waals surface area contributed by atoms with Crippen molar-refractivity contribution in [2.75, 3.05) is 0 Å². The van der Waals surface area contributed by atoms with Gasteiger partial charge in [-0.2, -0.15) is 0 Å². The molecule has 0 aliphatic rings. The zero-order valence-corrected chi connectivity index (χ0v) is 15.3. The average molecular weight is 281 g/mol. The van der Waals surface area contributed by atoms with Crippen LogP contribution in [-0.2, 0) is 3.79 Å². The van der Waals surface area contributed by atoms with Crippen molar-refractivity contribution in [1.29, 1.82) is 0 Å². The Balaban J connectivity index is 5.17. The summed E-state index contributed by atoms with van der Waals surface area (Å²) in [7, 11) is 0. The molecule has 0 fully saturated rings. The Morgan fingerprint density at radius 2 is 1.53 bits per heavy atom. The molecule has 0 aromatic heterocycles. The van der Waals surface area contributed by atoms with Gasteiger partial charge >= 0.3 is 14.5 Å². The Bertz CT molecular complexity index is 302. The highest BCUT2D eigenvalue weighted by molar-refractivity contribution is 6.51. The summed E-state index contributed by atoms with van der Waals surface area (Å²) in [5.74, 6) is 2.01. The van der Waals surface area contributed by atoms with Crippen LogP contribution in [0.5, 0.6) is 0 Å².